The van der Waals surface area contributed by atoms with Gasteiger partial charge in [0.2, 0.25) is 0 Å². The number of ether oxygens (including phenoxy) is 1. The van der Waals surface area contributed by atoms with E-state index in [0.29, 0.717) is 11.3 Å². The molecule has 0 amide bonds. The fourth-order valence-corrected chi connectivity index (χ4v) is 1.78. The fourth-order valence-electron chi connectivity index (χ4n) is 1.02. The first-order valence-electron chi connectivity index (χ1n) is 3.56. The van der Waals surface area contributed by atoms with E-state index in [9.17, 15) is 0 Å². The smallest absolute Gasteiger partial charge is 0.136 e. The summed E-state index contributed by atoms with van der Waals surface area (Å²) < 4.78 is 5.04. The van der Waals surface area contributed by atoms with Crippen LogP contribution in [0.4, 0.5) is 0 Å². The Bertz CT molecular complexity index is 344. The van der Waals surface area contributed by atoms with E-state index in [1.165, 1.54) is 0 Å². The van der Waals surface area contributed by atoms with Crippen molar-refractivity contribution in [2.45, 2.75) is 3.74 Å². The fraction of sp³-hybridized carbons (Fsp3) is 0.222. The molecular weight excluding hydrogens is 298 g/mol. The lowest BCUT2D eigenvalue weighted by Crippen LogP contribution is -1.93. The molecule has 4 heteroatoms. The summed E-state index contributed by atoms with van der Waals surface area (Å²) in [5.74, 6) is 0.601. The number of hydrogen-bond acceptors (Lipinski definition) is 2. The van der Waals surface area contributed by atoms with Crippen molar-refractivity contribution in [1.82, 2.24) is 0 Å². The van der Waals surface area contributed by atoms with Gasteiger partial charge in [-0.25, -0.2) is 0 Å². The molecule has 0 atom stereocenters. The number of halogens is 2. The molecule has 0 unspecified atom stereocenters. The van der Waals surface area contributed by atoms with Crippen molar-refractivity contribution in [3.8, 4) is 11.8 Å². The third-order valence-corrected chi connectivity index (χ3v) is 2.61. The first kappa shape index (κ1) is 10.6. The average molecular weight is 305 g/mol. The van der Waals surface area contributed by atoms with Crippen LogP contribution < -0.4 is 4.74 Å². The largest absolute Gasteiger partial charge is 0.495 e. The first-order chi connectivity index (χ1) is 6.20. The van der Waals surface area contributed by atoms with Crippen LogP contribution >= 0.6 is 31.9 Å². The molecule has 0 aromatic heterocycles. The Morgan fingerprint density at radius 2 is 2.15 bits per heavy atom. The van der Waals surface area contributed by atoms with Gasteiger partial charge in [0, 0.05) is 0 Å². The molecule has 0 aliphatic carbocycles. The first-order valence-corrected chi connectivity index (χ1v) is 5.39. The van der Waals surface area contributed by atoms with Gasteiger partial charge in [0.05, 0.1) is 16.4 Å². The minimum atomic E-state index is -0.0234. The Labute approximate surface area is 93.8 Å². The zero-order chi connectivity index (χ0) is 9.84. The number of nitrogens with zero attached hydrogens (tertiary/aromatic N) is 1. The lowest BCUT2D eigenvalue weighted by molar-refractivity contribution is 0.413. The zero-order valence-corrected chi connectivity index (χ0v) is 10.1. The molecule has 0 aliphatic rings. The second-order valence-corrected chi connectivity index (χ2v) is 5.40. The number of alkyl halides is 2. The van der Waals surface area contributed by atoms with Gasteiger partial charge < -0.3 is 4.74 Å². The van der Waals surface area contributed by atoms with Gasteiger partial charge in [-0.3, -0.25) is 0 Å². The molecule has 0 spiro atoms. The van der Waals surface area contributed by atoms with Crippen LogP contribution in [0.2, 0.25) is 0 Å². The summed E-state index contributed by atoms with van der Waals surface area (Å²) in [4.78, 5) is 0. The van der Waals surface area contributed by atoms with E-state index in [4.69, 9.17) is 10.00 Å². The van der Waals surface area contributed by atoms with Gasteiger partial charge in [0.25, 0.3) is 0 Å². The molecule has 1 aromatic rings. The Morgan fingerprint density at radius 3 is 2.62 bits per heavy atom. The molecule has 68 valence electrons. The van der Waals surface area contributed by atoms with Crippen molar-refractivity contribution in [3.05, 3.63) is 29.3 Å². The maximum absolute atomic E-state index is 8.91. The van der Waals surface area contributed by atoms with Gasteiger partial charge in [0.1, 0.15) is 11.8 Å². The van der Waals surface area contributed by atoms with Crippen molar-refractivity contribution in [2.24, 2.45) is 0 Å². The Morgan fingerprint density at radius 1 is 1.46 bits per heavy atom. The van der Waals surface area contributed by atoms with Crippen LogP contribution in [0.5, 0.6) is 5.75 Å². The average Bonchev–Trinajstić information content (AvgIpc) is 2.16. The molecule has 2 nitrogen and oxygen atoms in total. The topological polar surface area (TPSA) is 33.0 Å². The van der Waals surface area contributed by atoms with Crippen LogP contribution in [0.1, 0.15) is 14.9 Å². The molecule has 0 N–H and O–H groups in total. The molecule has 0 radical (unpaired) electrons. The van der Waals surface area contributed by atoms with Crippen LogP contribution in [0.25, 0.3) is 0 Å². The van der Waals surface area contributed by atoms with E-state index in [1.54, 1.807) is 13.2 Å². The van der Waals surface area contributed by atoms with Crippen LogP contribution in [0, 0.1) is 11.3 Å². The van der Waals surface area contributed by atoms with Gasteiger partial charge in [-0.2, -0.15) is 5.26 Å². The molecular formula is C9H7Br2NO. The summed E-state index contributed by atoms with van der Waals surface area (Å²) in [5, 5.41) is 8.91. The van der Waals surface area contributed by atoms with Gasteiger partial charge in [0.15, 0.2) is 0 Å². The van der Waals surface area contributed by atoms with Gasteiger partial charge in [-0.15, -0.1) is 0 Å². The molecule has 1 aromatic carbocycles. The molecule has 0 heterocycles. The highest BCUT2D eigenvalue weighted by molar-refractivity contribution is 9.24. The number of benzene rings is 1. The summed E-state index contributed by atoms with van der Waals surface area (Å²) in [6.45, 7) is 0. The van der Waals surface area contributed by atoms with Crippen LogP contribution in [-0.4, -0.2) is 7.11 Å². The maximum atomic E-state index is 8.91. The van der Waals surface area contributed by atoms with Crippen molar-refractivity contribution in [2.75, 3.05) is 7.11 Å². The standard InChI is InChI=1S/C9H7Br2NO/c1-13-8-4-2-3-6(9(10)11)7(8)5-12/h2-4,9H,1H3. The van der Waals surface area contributed by atoms with E-state index >= 15 is 0 Å². The summed E-state index contributed by atoms with van der Waals surface area (Å²) in [7, 11) is 1.55. The summed E-state index contributed by atoms with van der Waals surface area (Å²) in [6, 6.07) is 7.60. The maximum Gasteiger partial charge on any atom is 0.136 e. The van der Waals surface area contributed by atoms with E-state index in [-0.39, 0.29) is 3.74 Å². The minimum absolute atomic E-state index is 0.0234. The third-order valence-electron chi connectivity index (χ3n) is 1.63. The van der Waals surface area contributed by atoms with Crippen molar-refractivity contribution >= 4 is 31.9 Å². The van der Waals surface area contributed by atoms with Crippen LogP contribution in [0.3, 0.4) is 0 Å². The summed E-state index contributed by atoms with van der Waals surface area (Å²) in [5.41, 5.74) is 1.44. The summed E-state index contributed by atoms with van der Waals surface area (Å²) >= 11 is 6.69. The van der Waals surface area contributed by atoms with Crippen molar-refractivity contribution in [3.63, 3.8) is 0 Å². The number of methoxy groups -OCH3 is 1. The monoisotopic (exact) mass is 303 g/mol. The normalized spacial score (nSPS) is 9.77. The van der Waals surface area contributed by atoms with Crippen molar-refractivity contribution < 1.29 is 4.74 Å². The molecule has 0 bridgehead atoms. The Kier molecular flexibility index (Phi) is 3.76. The highest BCUT2D eigenvalue weighted by atomic mass is 79.9. The molecule has 1 rings (SSSR count). The number of rotatable bonds is 2. The SMILES string of the molecule is COc1cccc(C(Br)Br)c1C#N. The lowest BCUT2D eigenvalue weighted by atomic mass is 10.1. The van der Waals surface area contributed by atoms with E-state index in [0.717, 1.165) is 5.56 Å². The second kappa shape index (κ2) is 4.64. The summed E-state index contributed by atoms with van der Waals surface area (Å²) in [6.07, 6.45) is 0. The number of hydrogen-bond donors (Lipinski definition) is 0. The van der Waals surface area contributed by atoms with Gasteiger partial charge >= 0.3 is 0 Å². The molecule has 13 heavy (non-hydrogen) atoms. The third kappa shape index (κ3) is 2.23. The van der Waals surface area contributed by atoms with E-state index in [1.807, 2.05) is 12.1 Å². The Hall–Kier alpha value is -0.530. The number of nitriles is 1. The van der Waals surface area contributed by atoms with Crippen molar-refractivity contribution in [1.29, 1.82) is 5.26 Å². The zero-order valence-electron chi connectivity index (χ0n) is 6.92. The highest BCUT2D eigenvalue weighted by Gasteiger charge is 2.12. The van der Waals surface area contributed by atoms with Crippen LogP contribution in [-0.2, 0) is 0 Å². The molecule has 0 fully saturated rings. The highest BCUT2D eigenvalue weighted by Crippen LogP contribution is 2.34. The van der Waals surface area contributed by atoms with Gasteiger partial charge in [-0.05, 0) is 11.6 Å². The predicted molar refractivity (Wildman–Crippen MR) is 58.3 cm³/mol. The van der Waals surface area contributed by atoms with E-state index in [2.05, 4.69) is 37.9 Å². The van der Waals surface area contributed by atoms with Gasteiger partial charge in [-0.1, -0.05) is 44.0 Å². The predicted octanol–water partition coefficient (Wildman–Crippen LogP) is 3.36. The van der Waals surface area contributed by atoms with Crippen LogP contribution in [0.15, 0.2) is 18.2 Å². The minimum Gasteiger partial charge on any atom is -0.495 e. The Balaban J connectivity index is 3.29. The molecule has 0 saturated heterocycles. The molecule has 0 aliphatic heterocycles. The second-order valence-electron chi connectivity index (χ2n) is 2.34. The van der Waals surface area contributed by atoms with E-state index < -0.39 is 0 Å². The lowest BCUT2D eigenvalue weighted by Gasteiger charge is -2.08. The molecule has 0 saturated carbocycles. The quantitative estimate of drug-likeness (QED) is 0.785.